The Labute approximate surface area is 116 Å². The molecule has 6 heteroatoms. The summed E-state index contributed by atoms with van der Waals surface area (Å²) >= 11 is 5.75. The maximum absolute atomic E-state index is 12.0. The van der Waals surface area contributed by atoms with Crippen LogP contribution in [-0.4, -0.2) is 22.1 Å². The van der Waals surface area contributed by atoms with Crippen LogP contribution in [0.5, 0.6) is 0 Å². The molecule has 1 aromatic rings. The second-order valence-corrected chi connectivity index (χ2v) is 5.87. The van der Waals surface area contributed by atoms with Gasteiger partial charge >= 0.3 is 5.97 Å². The van der Waals surface area contributed by atoms with Crippen molar-refractivity contribution >= 4 is 17.6 Å². The van der Waals surface area contributed by atoms with Crippen molar-refractivity contribution in [1.82, 2.24) is 0 Å². The minimum Gasteiger partial charge on any atom is -0.599 e. The molecule has 0 radical (unpaired) electrons. The fourth-order valence-corrected chi connectivity index (χ4v) is 2.26. The van der Waals surface area contributed by atoms with Crippen LogP contribution >= 0.6 is 11.6 Å². The van der Waals surface area contributed by atoms with Gasteiger partial charge in [-0.3, -0.25) is 0 Å². The zero-order valence-electron chi connectivity index (χ0n) is 11.0. The molecule has 5 nitrogen and oxygen atoms in total. The number of carbonyl (C=O) groups excluding carboxylic acids is 1. The molecule has 1 heterocycles. The lowest BCUT2D eigenvalue weighted by molar-refractivity contribution is -0.589. The molecule has 1 aliphatic heterocycles. The fraction of sp³-hybridized carbons (Fsp3) is 0.462. The standard InChI is InChI=1S/C13H15ClN2O3/c1-12(2)8-13(3,15-16(12)18)19-11(17)9-4-6-10(14)7-5-9/h4-7H,8H2,1-3H3/t13-/m0/s1. The van der Waals surface area contributed by atoms with Gasteiger partial charge in [0.25, 0.3) is 5.72 Å². The van der Waals surface area contributed by atoms with Gasteiger partial charge in [0.05, 0.1) is 12.0 Å². The summed E-state index contributed by atoms with van der Waals surface area (Å²) in [4.78, 5) is 12.6. The predicted octanol–water partition coefficient (Wildman–Crippen LogP) is 3.36. The highest BCUT2D eigenvalue weighted by molar-refractivity contribution is 6.30. The van der Waals surface area contributed by atoms with E-state index in [1.54, 1.807) is 45.0 Å². The Balaban J connectivity index is 2.14. The Morgan fingerprint density at radius 1 is 1.37 bits per heavy atom. The number of azo groups is 1. The van der Waals surface area contributed by atoms with Gasteiger partial charge < -0.3 is 9.94 Å². The van der Waals surface area contributed by atoms with Gasteiger partial charge in [0.15, 0.2) is 5.54 Å². The second kappa shape index (κ2) is 4.49. The summed E-state index contributed by atoms with van der Waals surface area (Å²) < 4.78 is 5.34. The third-order valence-corrected chi connectivity index (χ3v) is 3.23. The molecule has 0 unspecified atom stereocenters. The maximum atomic E-state index is 12.0. The monoisotopic (exact) mass is 282 g/mol. The number of halogens is 1. The molecule has 1 aliphatic rings. The molecule has 0 saturated carbocycles. The number of benzene rings is 1. The lowest BCUT2D eigenvalue weighted by Gasteiger charge is -2.19. The average molecular weight is 283 g/mol. The van der Waals surface area contributed by atoms with Crippen molar-refractivity contribution in [2.45, 2.75) is 38.5 Å². The number of nitrogens with zero attached hydrogens (tertiary/aromatic N) is 2. The van der Waals surface area contributed by atoms with E-state index in [1.165, 1.54) is 0 Å². The first-order chi connectivity index (χ1) is 8.72. The summed E-state index contributed by atoms with van der Waals surface area (Å²) in [5, 5.41) is 16.0. The highest BCUT2D eigenvalue weighted by Gasteiger charge is 2.50. The van der Waals surface area contributed by atoms with Crippen LogP contribution in [0.1, 0.15) is 37.6 Å². The molecule has 1 atom stereocenters. The van der Waals surface area contributed by atoms with Gasteiger partial charge in [-0.25, -0.2) is 4.79 Å². The number of hydroxylamine groups is 1. The van der Waals surface area contributed by atoms with Crippen LogP contribution in [-0.2, 0) is 4.74 Å². The highest BCUT2D eigenvalue weighted by atomic mass is 35.5. The molecule has 1 aromatic carbocycles. The number of esters is 1. The van der Waals surface area contributed by atoms with Gasteiger partial charge in [0.2, 0.25) is 0 Å². The average Bonchev–Trinajstić information content (AvgIpc) is 2.47. The summed E-state index contributed by atoms with van der Waals surface area (Å²) in [5.41, 5.74) is -1.42. The Kier molecular flexibility index (Phi) is 3.26. The van der Waals surface area contributed by atoms with E-state index in [2.05, 4.69) is 5.11 Å². The van der Waals surface area contributed by atoms with E-state index in [9.17, 15) is 10.0 Å². The molecular formula is C13H15ClN2O3. The van der Waals surface area contributed by atoms with E-state index in [4.69, 9.17) is 16.3 Å². The lowest BCUT2D eigenvalue weighted by Crippen LogP contribution is -2.33. The molecule has 0 aromatic heterocycles. The van der Waals surface area contributed by atoms with Gasteiger partial charge in [0.1, 0.15) is 0 Å². The molecule has 19 heavy (non-hydrogen) atoms. The Morgan fingerprint density at radius 2 is 1.95 bits per heavy atom. The first-order valence-corrected chi connectivity index (χ1v) is 6.29. The van der Waals surface area contributed by atoms with Crippen LogP contribution < -0.4 is 0 Å². The summed E-state index contributed by atoms with van der Waals surface area (Å²) in [7, 11) is 0. The number of hydrogen-bond acceptors (Lipinski definition) is 4. The van der Waals surface area contributed by atoms with Gasteiger partial charge in [0, 0.05) is 30.9 Å². The van der Waals surface area contributed by atoms with Crippen LogP contribution in [0.15, 0.2) is 29.4 Å². The van der Waals surface area contributed by atoms with Crippen molar-refractivity contribution in [1.29, 1.82) is 0 Å². The SMILES string of the molecule is CC1(C)C[C@](C)(OC(=O)c2ccc(Cl)cc2)N=[N+]1[O-]. The molecule has 0 bridgehead atoms. The van der Waals surface area contributed by atoms with E-state index in [0.717, 1.165) is 0 Å². The third-order valence-electron chi connectivity index (χ3n) is 2.97. The quantitative estimate of drug-likeness (QED) is 0.474. The lowest BCUT2D eigenvalue weighted by atomic mass is 9.97. The van der Waals surface area contributed by atoms with Crippen molar-refractivity contribution in [3.8, 4) is 0 Å². The summed E-state index contributed by atoms with van der Waals surface area (Å²) in [6.45, 7) is 5.14. The van der Waals surface area contributed by atoms with Crippen LogP contribution in [0.4, 0.5) is 0 Å². The summed E-state index contributed by atoms with van der Waals surface area (Å²) in [6.07, 6.45) is 0.350. The Hall–Kier alpha value is -1.62. The zero-order chi connectivity index (χ0) is 14.3. The third kappa shape index (κ3) is 2.87. The maximum Gasteiger partial charge on any atom is 0.340 e. The van der Waals surface area contributed by atoms with E-state index in [0.29, 0.717) is 21.9 Å². The van der Waals surface area contributed by atoms with Gasteiger partial charge in [-0.2, -0.15) is 0 Å². The molecule has 102 valence electrons. The van der Waals surface area contributed by atoms with Gasteiger partial charge in [-0.15, -0.1) is 0 Å². The number of ether oxygens (including phenoxy) is 1. The molecule has 0 amide bonds. The minimum atomic E-state index is -1.12. The summed E-state index contributed by atoms with van der Waals surface area (Å²) in [5.74, 6) is -0.519. The smallest absolute Gasteiger partial charge is 0.340 e. The molecule has 0 fully saturated rings. The molecule has 0 aliphatic carbocycles. The van der Waals surface area contributed by atoms with Crippen LogP contribution in [0.2, 0.25) is 5.02 Å². The first kappa shape index (κ1) is 13.8. The molecule has 2 rings (SSSR count). The molecular weight excluding hydrogens is 268 g/mol. The largest absolute Gasteiger partial charge is 0.599 e. The van der Waals surface area contributed by atoms with Crippen LogP contribution in [0.25, 0.3) is 0 Å². The Bertz CT molecular complexity index is 539. The van der Waals surface area contributed by atoms with Crippen LogP contribution in [0.3, 0.4) is 0 Å². The Morgan fingerprint density at radius 3 is 2.42 bits per heavy atom. The van der Waals surface area contributed by atoms with Gasteiger partial charge in [-0.1, -0.05) is 16.5 Å². The normalized spacial score (nSPS) is 24.9. The van der Waals surface area contributed by atoms with E-state index < -0.39 is 17.2 Å². The van der Waals surface area contributed by atoms with Crippen molar-refractivity contribution in [2.75, 3.05) is 0 Å². The zero-order valence-corrected chi connectivity index (χ0v) is 11.8. The topological polar surface area (TPSA) is 64.7 Å². The number of rotatable bonds is 2. The van der Waals surface area contributed by atoms with E-state index in [-0.39, 0.29) is 0 Å². The fourth-order valence-electron chi connectivity index (χ4n) is 2.13. The summed E-state index contributed by atoms with van der Waals surface area (Å²) in [6, 6.07) is 6.36. The van der Waals surface area contributed by atoms with Crippen molar-refractivity contribution in [3.05, 3.63) is 40.1 Å². The minimum absolute atomic E-state index is 0.350. The molecule has 0 N–H and O–H groups in total. The predicted molar refractivity (Wildman–Crippen MR) is 70.0 cm³/mol. The highest BCUT2D eigenvalue weighted by Crippen LogP contribution is 2.35. The van der Waals surface area contributed by atoms with Gasteiger partial charge in [-0.05, 0) is 24.3 Å². The van der Waals surface area contributed by atoms with Crippen LogP contribution in [0, 0.1) is 5.21 Å². The first-order valence-electron chi connectivity index (χ1n) is 5.91. The van der Waals surface area contributed by atoms with E-state index >= 15 is 0 Å². The number of carbonyl (C=O) groups is 1. The second-order valence-electron chi connectivity index (χ2n) is 5.43. The van der Waals surface area contributed by atoms with Crippen molar-refractivity contribution in [2.24, 2.45) is 5.11 Å². The number of hydrogen-bond donors (Lipinski definition) is 0. The van der Waals surface area contributed by atoms with Crippen molar-refractivity contribution in [3.63, 3.8) is 0 Å². The van der Waals surface area contributed by atoms with Crippen molar-refractivity contribution < 1.29 is 14.4 Å². The molecule has 0 spiro atoms. The van der Waals surface area contributed by atoms with E-state index in [1.807, 2.05) is 0 Å². The molecule has 0 saturated heterocycles.